The van der Waals surface area contributed by atoms with E-state index in [-0.39, 0.29) is 0 Å². The Labute approximate surface area is 120 Å². The SMILES string of the molecule is CC1CCCN(S(=O)(=O)Nc2cccc(C(C)O)c2)C1. The number of hydrogen-bond donors (Lipinski definition) is 2. The van der Waals surface area contributed by atoms with E-state index >= 15 is 0 Å². The second-order valence-electron chi connectivity index (χ2n) is 5.51. The molecule has 2 N–H and O–H groups in total. The quantitative estimate of drug-likeness (QED) is 0.894. The maximum Gasteiger partial charge on any atom is 0.301 e. The minimum atomic E-state index is -3.51. The number of piperidine rings is 1. The third kappa shape index (κ3) is 3.71. The zero-order valence-electron chi connectivity index (χ0n) is 11.9. The highest BCUT2D eigenvalue weighted by Gasteiger charge is 2.26. The highest BCUT2D eigenvalue weighted by molar-refractivity contribution is 7.90. The summed E-state index contributed by atoms with van der Waals surface area (Å²) in [6.45, 7) is 4.84. The minimum absolute atomic E-state index is 0.393. The zero-order chi connectivity index (χ0) is 14.8. The van der Waals surface area contributed by atoms with Gasteiger partial charge in [0.25, 0.3) is 0 Å². The number of hydrogen-bond acceptors (Lipinski definition) is 3. The summed E-state index contributed by atoms with van der Waals surface area (Å²) < 4.78 is 28.8. The lowest BCUT2D eigenvalue weighted by atomic mass is 10.0. The summed E-state index contributed by atoms with van der Waals surface area (Å²) in [4.78, 5) is 0. The smallest absolute Gasteiger partial charge is 0.301 e. The van der Waals surface area contributed by atoms with Crippen LogP contribution >= 0.6 is 0 Å². The number of nitrogens with one attached hydrogen (secondary N) is 1. The molecular weight excluding hydrogens is 276 g/mol. The average Bonchev–Trinajstić information content (AvgIpc) is 2.38. The summed E-state index contributed by atoms with van der Waals surface area (Å²) in [7, 11) is -3.51. The molecular formula is C14H22N2O3S. The molecule has 1 aromatic rings. The van der Waals surface area contributed by atoms with Gasteiger partial charge in [0, 0.05) is 13.1 Å². The molecule has 1 aliphatic rings. The van der Waals surface area contributed by atoms with Crippen molar-refractivity contribution in [2.75, 3.05) is 17.8 Å². The van der Waals surface area contributed by atoms with E-state index in [1.807, 2.05) is 0 Å². The first-order valence-corrected chi connectivity index (χ1v) is 8.38. The highest BCUT2D eigenvalue weighted by Crippen LogP contribution is 2.22. The fraction of sp³-hybridized carbons (Fsp3) is 0.571. The lowest BCUT2D eigenvalue weighted by Crippen LogP contribution is -2.42. The molecule has 2 atom stereocenters. The van der Waals surface area contributed by atoms with E-state index in [0.29, 0.717) is 30.3 Å². The van der Waals surface area contributed by atoms with Crippen LogP contribution in [0, 0.1) is 5.92 Å². The third-order valence-corrected chi connectivity index (χ3v) is 5.08. The van der Waals surface area contributed by atoms with Crippen LogP contribution in [0.1, 0.15) is 38.4 Å². The number of aliphatic hydroxyl groups excluding tert-OH is 1. The second kappa shape index (κ2) is 6.11. The Bertz CT molecular complexity index is 557. The van der Waals surface area contributed by atoms with E-state index in [9.17, 15) is 13.5 Å². The van der Waals surface area contributed by atoms with Crippen molar-refractivity contribution in [2.24, 2.45) is 5.92 Å². The van der Waals surface area contributed by atoms with Gasteiger partial charge >= 0.3 is 10.2 Å². The van der Waals surface area contributed by atoms with E-state index in [2.05, 4.69) is 11.6 Å². The van der Waals surface area contributed by atoms with E-state index in [1.54, 1.807) is 31.2 Å². The standard InChI is InChI=1S/C14H22N2O3S/c1-11-5-4-8-16(10-11)20(18,19)15-14-7-3-6-13(9-14)12(2)17/h3,6-7,9,11-12,15,17H,4-5,8,10H2,1-2H3. The molecule has 0 saturated carbocycles. The molecule has 112 valence electrons. The Kier molecular flexibility index (Phi) is 4.67. The van der Waals surface area contributed by atoms with Gasteiger partial charge in [-0.1, -0.05) is 19.1 Å². The van der Waals surface area contributed by atoms with Crippen molar-refractivity contribution in [3.8, 4) is 0 Å². The van der Waals surface area contributed by atoms with Crippen molar-refractivity contribution >= 4 is 15.9 Å². The second-order valence-corrected chi connectivity index (χ2v) is 7.18. The number of aliphatic hydroxyl groups is 1. The molecule has 1 aliphatic heterocycles. The van der Waals surface area contributed by atoms with Gasteiger partial charge in [-0.05, 0) is 43.4 Å². The van der Waals surface area contributed by atoms with Crippen molar-refractivity contribution < 1.29 is 13.5 Å². The van der Waals surface area contributed by atoms with Crippen molar-refractivity contribution in [2.45, 2.75) is 32.8 Å². The number of benzene rings is 1. The van der Waals surface area contributed by atoms with Gasteiger partial charge in [-0.25, -0.2) is 0 Å². The first-order chi connectivity index (χ1) is 9.38. The van der Waals surface area contributed by atoms with Crippen molar-refractivity contribution in [3.05, 3.63) is 29.8 Å². The highest BCUT2D eigenvalue weighted by atomic mass is 32.2. The summed E-state index contributed by atoms with van der Waals surface area (Å²) in [6.07, 6.45) is 1.36. The van der Waals surface area contributed by atoms with Gasteiger partial charge < -0.3 is 5.11 Å². The van der Waals surface area contributed by atoms with Crippen molar-refractivity contribution in [1.82, 2.24) is 4.31 Å². The molecule has 0 spiro atoms. The Morgan fingerprint density at radius 2 is 2.20 bits per heavy atom. The summed E-state index contributed by atoms with van der Waals surface area (Å²) in [6, 6.07) is 6.86. The zero-order valence-corrected chi connectivity index (χ0v) is 12.7. The fourth-order valence-electron chi connectivity index (χ4n) is 2.44. The largest absolute Gasteiger partial charge is 0.389 e. The van der Waals surface area contributed by atoms with E-state index in [4.69, 9.17) is 0 Å². The monoisotopic (exact) mass is 298 g/mol. The van der Waals surface area contributed by atoms with Crippen LogP contribution in [0.15, 0.2) is 24.3 Å². The van der Waals surface area contributed by atoms with Crippen molar-refractivity contribution in [3.63, 3.8) is 0 Å². The first kappa shape index (κ1) is 15.3. The van der Waals surface area contributed by atoms with Gasteiger partial charge in [-0.3, -0.25) is 4.72 Å². The molecule has 1 heterocycles. The van der Waals surface area contributed by atoms with Crippen LogP contribution in [0.3, 0.4) is 0 Å². The van der Waals surface area contributed by atoms with Gasteiger partial charge in [0.05, 0.1) is 11.8 Å². The summed E-state index contributed by atoms with van der Waals surface area (Å²) in [5.41, 5.74) is 1.18. The third-order valence-electron chi connectivity index (χ3n) is 3.58. The maximum atomic E-state index is 12.3. The van der Waals surface area contributed by atoms with Crippen LogP contribution in [0.25, 0.3) is 0 Å². The van der Waals surface area contributed by atoms with Crippen LogP contribution < -0.4 is 4.72 Å². The molecule has 0 aliphatic carbocycles. The van der Waals surface area contributed by atoms with Gasteiger partial charge in [0.15, 0.2) is 0 Å². The number of anilines is 1. The van der Waals surface area contributed by atoms with Crippen LogP contribution in [-0.4, -0.2) is 30.9 Å². The Balaban J connectivity index is 2.13. The Hall–Kier alpha value is -1.11. The lowest BCUT2D eigenvalue weighted by Gasteiger charge is -2.30. The first-order valence-electron chi connectivity index (χ1n) is 6.94. The Morgan fingerprint density at radius 1 is 1.45 bits per heavy atom. The molecule has 1 aromatic carbocycles. The number of nitrogens with zero attached hydrogens (tertiary/aromatic N) is 1. The molecule has 5 nitrogen and oxygen atoms in total. The molecule has 0 radical (unpaired) electrons. The average molecular weight is 298 g/mol. The molecule has 0 bridgehead atoms. The summed E-state index contributed by atoms with van der Waals surface area (Å²) >= 11 is 0. The molecule has 2 rings (SSSR count). The fourth-order valence-corrected chi connectivity index (χ4v) is 3.81. The van der Waals surface area contributed by atoms with Crippen LogP contribution in [0.2, 0.25) is 0 Å². The van der Waals surface area contributed by atoms with E-state index in [1.165, 1.54) is 4.31 Å². The molecule has 0 amide bonds. The van der Waals surface area contributed by atoms with Crippen LogP contribution in [0.4, 0.5) is 5.69 Å². The molecule has 6 heteroatoms. The lowest BCUT2D eigenvalue weighted by molar-refractivity contribution is 0.199. The number of rotatable bonds is 4. The van der Waals surface area contributed by atoms with Gasteiger partial charge in [-0.15, -0.1) is 0 Å². The molecule has 1 fully saturated rings. The molecule has 20 heavy (non-hydrogen) atoms. The predicted octanol–water partition coefficient (Wildman–Crippen LogP) is 2.13. The van der Waals surface area contributed by atoms with Crippen molar-refractivity contribution in [1.29, 1.82) is 0 Å². The predicted molar refractivity (Wildman–Crippen MR) is 79.6 cm³/mol. The summed E-state index contributed by atoms with van der Waals surface area (Å²) in [5.74, 6) is 0.393. The van der Waals surface area contributed by atoms with Crippen LogP contribution in [-0.2, 0) is 10.2 Å². The minimum Gasteiger partial charge on any atom is -0.389 e. The van der Waals surface area contributed by atoms with Gasteiger partial charge in [0.1, 0.15) is 0 Å². The molecule has 2 unspecified atom stereocenters. The van der Waals surface area contributed by atoms with E-state index < -0.39 is 16.3 Å². The maximum absolute atomic E-state index is 12.3. The van der Waals surface area contributed by atoms with Crippen LogP contribution in [0.5, 0.6) is 0 Å². The van der Waals surface area contributed by atoms with Gasteiger partial charge in [-0.2, -0.15) is 12.7 Å². The topological polar surface area (TPSA) is 69.6 Å². The van der Waals surface area contributed by atoms with Gasteiger partial charge in [0.2, 0.25) is 0 Å². The Morgan fingerprint density at radius 3 is 2.85 bits per heavy atom. The molecule has 0 aromatic heterocycles. The molecule has 1 saturated heterocycles. The summed E-state index contributed by atoms with van der Waals surface area (Å²) in [5, 5.41) is 9.54. The van der Waals surface area contributed by atoms with E-state index in [0.717, 1.165) is 12.8 Å². The normalized spacial score (nSPS) is 22.4.